The Bertz CT molecular complexity index is 1260. The average molecular weight is 733 g/mol. The number of aliphatic hydroxyl groups excluding tert-OH is 1. The van der Waals surface area contributed by atoms with Gasteiger partial charge in [0.15, 0.2) is 6.10 Å². The molecule has 4 atom stereocenters. The third kappa shape index (κ3) is 8.72. The second-order valence-electron chi connectivity index (χ2n) is 20.4. The SMILES string of the molecule is CCC(C)(C)C(=O)OC1(C)C2CC3CC(C2)CC1C3.CCC(C)(C)C(=O)OC12CC3CC(CC(O)(C3)C1)C2.CCC(C)(C)C(=O)OC1COCC1O. The zero-order chi connectivity index (χ0) is 38.5. The van der Waals surface area contributed by atoms with Gasteiger partial charge in [-0.05, 0) is 167 Å². The van der Waals surface area contributed by atoms with Gasteiger partial charge in [-0.1, -0.05) is 20.8 Å². The van der Waals surface area contributed by atoms with Gasteiger partial charge < -0.3 is 29.2 Å². The molecule has 1 saturated heterocycles. The third-order valence-electron chi connectivity index (χ3n) is 14.9. The predicted molar refractivity (Wildman–Crippen MR) is 199 cm³/mol. The number of ether oxygens (including phenoxy) is 4. The van der Waals surface area contributed by atoms with E-state index in [1.165, 1.54) is 38.5 Å². The summed E-state index contributed by atoms with van der Waals surface area (Å²) in [7, 11) is 0. The Morgan fingerprint density at radius 2 is 1.10 bits per heavy atom. The molecule has 2 N–H and O–H groups in total. The molecule has 0 aromatic rings. The first-order chi connectivity index (χ1) is 24.1. The van der Waals surface area contributed by atoms with Gasteiger partial charge >= 0.3 is 17.9 Å². The van der Waals surface area contributed by atoms with E-state index in [1.807, 2.05) is 55.4 Å². The van der Waals surface area contributed by atoms with Gasteiger partial charge in [0.1, 0.15) is 17.3 Å². The van der Waals surface area contributed by atoms with Crippen LogP contribution in [0.5, 0.6) is 0 Å². The van der Waals surface area contributed by atoms with Crippen LogP contribution in [0.2, 0.25) is 0 Å². The van der Waals surface area contributed by atoms with Gasteiger partial charge in [0.2, 0.25) is 0 Å². The van der Waals surface area contributed by atoms with Crippen LogP contribution in [-0.2, 0) is 33.3 Å². The average Bonchev–Trinajstić information content (AvgIpc) is 3.46. The van der Waals surface area contributed by atoms with E-state index in [-0.39, 0.29) is 41.1 Å². The molecule has 9 rings (SSSR count). The van der Waals surface area contributed by atoms with Crippen molar-refractivity contribution >= 4 is 17.9 Å². The molecule has 0 spiro atoms. The van der Waals surface area contributed by atoms with Crippen molar-refractivity contribution in [2.75, 3.05) is 13.2 Å². The van der Waals surface area contributed by atoms with Crippen LogP contribution in [-0.4, -0.2) is 70.3 Å². The summed E-state index contributed by atoms with van der Waals surface area (Å²) in [4.78, 5) is 36.5. The maximum atomic E-state index is 12.5. The molecular weight excluding hydrogens is 660 g/mol. The largest absolute Gasteiger partial charge is 0.459 e. The van der Waals surface area contributed by atoms with Crippen molar-refractivity contribution in [3.8, 4) is 0 Å². The number of hydrogen-bond acceptors (Lipinski definition) is 9. The highest BCUT2D eigenvalue weighted by molar-refractivity contribution is 5.77. The van der Waals surface area contributed by atoms with E-state index in [0.29, 0.717) is 36.7 Å². The zero-order valence-electron chi connectivity index (χ0n) is 34.2. The van der Waals surface area contributed by atoms with E-state index < -0.39 is 28.6 Å². The quantitative estimate of drug-likeness (QED) is 0.179. The standard InChI is InChI=1S/C17H28O2.C16H26O3.C10H18O4/c1-5-16(2,3)15(18)19-17(4)13-7-11-6-12(9-13)10-14(17)8-11;1-4-14(2,3)13(17)19-16-8-11-5-12(9-16)7-15(18,6-11)10-16;1-4-10(2,3)9(12)14-8-6-13-5-7(8)11/h11-14H,5-10H2,1-4H3;11-12,18H,4-10H2,1-3H3;7-8,11H,4-6H2,1-3H3. The van der Waals surface area contributed by atoms with E-state index in [0.717, 1.165) is 56.8 Å². The molecule has 8 aliphatic carbocycles. The highest BCUT2D eigenvalue weighted by Gasteiger charge is 2.60. The smallest absolute Gasteiger partial charge is 0.312 e. The molecule has 9 heteroatoms. The highest BCUT2D eigenvalue weighted by atomic mass is 16.6. The van der Waals surface area contributed by atoms with Gasteiger partial charge in [0.25, 0.3) is 0 Å². The molecule has 0 aromatic heterocycles. The molecule has 9 nitrogen and oxygen atoms in total. The van der Waals surface area contributed by atoms with Gasteiger partial charge in [-0.15, -0.1) is 0 Å². The number of aliphatic hydroxyl groups is 2. The van der Waals surface area contributed by atoms with E-state index in [1.54, 1.807) is 0 Å². The number of hydrogen-bond donors (Lipinski definition) is 2. The number of carbonyl (C=O) groups is 3. The molecule has 4 unspecified atom stereocenters. The van der Waals surface area contributed by atoms with Crippen molar-refractivity contribution in [2.45, 2.75) is 188 Å². The van der Waals surface area contributed by atoms with Crippen LogP contribution in [0, 0.1) is 51.8 Å². The molecule has 8 bridgehead atoms. The normalized spacial score (nSPS) is 39.9. The van der Waals surface area contributed by atoms with Gasteiger partial charge in [0, 0.05) is 6.42 Å². The van der Waals surface area contributed by atoms with E-state index >= 15 is 0 Å². The molecule has 0 amide bonds. The highest BCUT2D eigenvalue weighted by Crippen LogP contribution is 2.60. The molecule has 9 aliphatic rings. The summed E-state index contributed by atoms with van der Waals surface area (Å²) in [6, 6.07) is 0. The molecule has 1 heterocycles. The summed E-state index contributed by atoms with van der Waals surface area (Å²) in [6.07, 6.45) is 13.5. The van der Waals surface area contributed by atoms with Crippen molar-refractivity contribution in [1.29, 1.82) is 0 Å². The van der Waals surface area contributed by atoms with Gasteiger partial charge in [-0.25, -0.2) is 0 Å². The first kappa shape index (κ1) is 41.5. The Hall–Kier alpha value is -1.71. The van der Waals surface area contributed by atoms with Crippen molar-refractivity contribution in [1.82, 2.24) is 0 Å². The minimum Gasteiger partial charge on any atom is -0.459 e. The summed E-state index contributed by atoms with van der Waals surface area (Å²) < 4.78 is 22.3. The van der Waals surface area contributed by atoms with E-state index in [4.69, 9.17) is 18.9 Å². The van der Waals surface area contributed by atoms with Gasteiger partial charge in [0.05, 0.1) is 35.1 Å². The number of esters is 3. The lowest BCUT2D eigenvalue weighted by Gasteiger charge is -2.59. The van der Waals surface area contributed by atoms with Crippen LogP contribution >= 0.6 is 0 Å². The minimum atomic E-state index is -0.674. The van der Waals surface area contributed by atoms with Crippen molar-refractivity contribution in [3.63, 3.8) is 0 Å². The molecular formula is C43H72O9. The minimum absolute atomic E-state index is 0.0185. The molecule has 298 valence electrons. The summed E-state index contributed by atoms with van der Waals surface area (Å²) in [6.45, 7) is 20.4. The molecule has 0 radical (unpaired) electrons. The second-order valence-corrected chi connectivity index (χ2v) is 20.4. The van der Waals surface area contributed by atoms with E-state index in [9.17, 15) is 24.6 Å². The van der Waals surface area contributed by atoms with Crippen LogP contribution in [0.15, 0.2) is 0 Å². The maximum Gasteiger partial charge on any atom is 0.312 e. The molecule has 52 heavy (non-hydrogen) atoms. The Morgan fingerprint density at radius 1 is 0.654 bits per heavy atom. The van der Waals surface area contributed by atoms with Gasteiger partial charge in [-0.2, -0.15) is 0 Å². The Morgan fingerprint density at radius 3 is 1.52 bits per heavy atom. The van der Waals surface area contributed by atoms with Gasteiger partial charge in [-0.3, -0.25) is 14.4 Å². The van der Waals surface area contributed by atoms with Crippen molar-refractivity contribution in [3.05, 3.63) is 0 Å². The number of rotatable bonds is 9. The Kier molecular flexibility index (Phi) is 12.0. The van der Waals surface area contributed by atoms with Crippen molar-refractivity contribution in [2.24, 2.45) is 51.8 Å². The lowest BCUT2D eigenvalue weighted by Crippen LogP contribution is -2.61. The van der Waals surface area contributed by atoms with Crippen LogP contribution in [0.1, 0.15) is 159 Å². The fourth-order valence-electron chi connectivity index (χ4n) is 10.6. The summed E-state index contributed by atoms with van der Waals surface area (Å²) in [5.41, 5.74) is -2.31. The monoisotopic (exact) mass is 733 g/mol. The van der Waals surface area contributed by atoms with Crippen molar-refractivity contribution < 1.29 is 43.5 Å². The van der Waals surface area contributed by atoms with E-state index in [2.05, 4.69) is 13.8 Å². The summed E-state index contributed by atoms with van der Waals surface area (Å²) in [5.74, 6) is 3.88. The van der Waals surface area contributed by atoms with Crippen LogP contribution in [0.3, 0.4) is 0 Å². The van der Waals surface area contributed by atoms with Crippen LogP contribution in [0.25, 0.3) is 0 Å². The first-order valence-electron chi connectivity index (χ1n) is 20.7. The summed E-state index contributed by atoms with van der Waals surface area (Å²) >= 11 is 0. The maximum absolute atomic E-state index is 12.5. The predicted octanol–water partition coefficient (Wildman–Crippen LogP) is 7.96. The molecule has 8 saturated carbocycles. The number of carbonyl (C=O) groups excluding carboxylic acids is 3. The van der Waals surface area contributed by atoms with Crippen LogP contribution < -0.4 is 0 Å². The Labute approximate surface area is 314 Å². The molecule has 9 fully saturated rings. The first-order valence-corrected chi connectivity index (χ1v) is 20.7. The molecule has 1 aliphatic heterocycles. The Balaban J connectivity index is 0.000000153. The topological polar surface area (TPSA) is 129 Å². The molecule has 0 aromatic carbocycles. The lowest BCUT2D eigenvalue weighted by molar-refractivity contribution is -0.225. The fourth-order valence-corrected chi connectivity index (χ4v) is 10.6. The lowest BCUT2D eigenvalue weighted by atomic mass is 9.50. The second kappa shape index (κ2) is 15.1. The third-order valence-corrected chi connectivity index (χ3v) is 14.9. The fraction of sp³-hybridized carbons (Fsp3) is 0.930. The summed E-state index contributed by atoms with van der Waals surface area (Å²) in [5, 5.41) is 20.0. The van der Waals surface area contributed by atoms with Crippen LogP contribution in [0.4, 0.5) is 0 Å². The zero-order valence-corrected chi connectivity index (χ0v) is 34.2.